The molecule has 0 bridgehead atoms. The van der Waals surface area contributed by atoms with Crippen molar-refractivity contribution in [2.45, 2.75) is 38.4 Å². The van der Waals surface area contributed by atoms with Gasteiger partial charge in [-0.15, -0.1) is 0 Å². The molecule has 3 rings (SSSR count). The van der Waals surface area contributed by atoms with Gasteiger partial charge in [0.1, 0.15) is 17.4 Å². The van der Waals surface area contributed by atoms with Crippen molar-refractivity contribution in [3.8, 4) is 0 Å². The van der Waals surface area contributed by atoms with Crippen LogP contribution in [0.15, 0.2) is 12.4 Å². The van der Waals surface area contributed by atoms with E-state index in [2.05, 4.69) is 25.7 Å². The first-order valence-electron chi connectivity index (χ1n) is 9.35. The van der Waals surface area contributed by atoms with E-state index in [0.717, 1.165) is 4.68 Å². The van der Waals surface area contributed by atoms with Gasteiger partial charge in [-0.1, -0.05) is 18.5 Å². The summed E-state index contributed by atoms with van der Waals surface area (Å²) in [4.78, 5) is 9.37. The molecule has 166 valence electrons. The van der Waals surface area contributed by atoms with Crippen molar-refractivity contribution in [2.75, 3.05) is 36.8 Å². The topological polar surface area (TPSA) is 70.9 Å². The molecule has 1 aliphatic rings. The summed E-state index contributed by atoms with van der Waals surface area (Å²) in [6.45, 7) is 4.68. The van der Waals surface area contributed by atoms with Crippen molar-refractivity contribution in [1.82, 2.24) is 24.6 Å². The van der Waals surface area contributed by atoms with Gasteiger partial charge in [0.05, 0.1) is 11.9 Å². The monoisotopic (exact) mass is 453 g/mol. The number of hydrogen-bond acceptors (Lipinski definition) is 6. The lowest BCUT2D eigenvalue weighted by Gasteiger charge is -2.38. The van der Waals surface area contributed by atoms with E-state index in [1.807, 2.05) is 11.8 Å². The molecule has 2 aromatic rings. The Hall–Kier alpha value is -2.21. The number of likely N-dealkylation sites (tertiary alicyclic amines) is 1. The fourth-order valence-electron chi connectivity index (χ4n) is 3.21. The fraction of sp³-hybridized carbons (Fsp3) is 0.588. The summed E-state index contributed by atoms with van der Waals surface area (Å²) in [5.74, 6) is -3.57. The molecule has 30 heavy (non-hydrogen) atoms. The highest BCUT2D eigenvalue weighted by Crippen LogP contribution is 2.40. The Kier molecular flexibility index (Phi) is 6.37. The highest BCUT2D eigenvalue weighted by molar-refractivity contribution is 6.32. The SMILES string of the molecule is CCNc1nc(Nc2cnn([C@@H]3CN(CC)CCC3(F)F)c2Cl)ncc1C(F)(F)F. The molecule has 13 heteroatoms. The molecule has 0 aromatic carbocycles. The molecule has 0 radical (unpaired) electrons. The summed E-state index contributed by atoms with van der Waals surface area (Å²) in [6.07, 6.45) is -3.09. The van der Waals surface area contributed by atoms with Gasteiger partial charge >= 0.3 is 6.18 Å². The first kappa shape index (κ1) is 22.5. The Bertz CT molecular complexity index is 886. The Morgan fingerprint density at radius 2 is 2.00 bits per heavy atom. The van der Waals surface area contributed by atoms with Crippen molar-refractivity contribution in [3.05, 3.63) is 23.1 Å². The molecule has 0 unspecified atom stereocenters. The molecule has 1 fully saturated rings. The van der Waals surface area contributed by atoms with Crippen LogP contribution in [0.25, 0.3) is 0 Å². The molecular formula is C17H21ClF5N7. The summed E-state index contributed by atoms with van der Waals surface area (Å²) in [5, 5.41) is 9.07. The number of hydrogen-bond donors (Lipinski definition) is 2. The molecular weight excluding hydrogens is 433 g/mol. The highest BCUT2D eigenvalue weighted by atomic mass is 35.5. The molecule has 1 aliphatic heterocycles. The second-order valence-corrected chi connectivity index (χ2v) is 7.18. The minimum atomic E-state index is -4.63. The first-order valence-corrected chi connectivity index (χ1v) is 9.73. The van der Waals surface area contributed by atoms with E-state index >= 15 is 0 Å². The molecule has 0 amide bonds. The Labute approximate surface area is 174 Å². The van der Waals surface area contributed by atoms with Crippen LogP contribution in [-0.4, -0.2) is 56.7 Å². The summed E-state index contributed by atoms with van der Waals surface area (Å²) in [5.41, 5.74) is -0.901. The Balaban J connectivity index is 1.87. The summed E-state index contributed by atoms with van der Waals surface area (Å²) >= 11 is 6.27. The minimum Gasteiger partial charge on any atom is -0.370 e. The molecule has 0 aliphatic carbocycles. The quantitative estimate of drug-likeness (QED) is 0.631. The van der Waals surface area contributed by atoms with Crippen LogP contribution < -0.4 is 10.6 Å². The highest BCUT2D eigenvalue weighted by Gasteiger charge is 2.46. The number of anilines is 3. The van der Waals surface area contributed by atoms with E-state index < -0.39 is 29.5 Å². The standard InChI is InChI=1S/C17H21ClF5N7/c1-3-24-14-10(17(21,22)23)7-25-15(28-14)27-11-8-26-30(13(11)18)12-9-29(4-2)6-5-16(12,19)20/h7-8,12H,3-6,9H2,1-2H3,(H2,24,25,27,28)/t12-/m1/s1. The number of likely N-dealkylation sites (N-methyl/N-ethyl adjacent to an activating group) is 1. The van der Waals surface area contributed by atoms with Gasteiger partial charge in [-0.05, 0) is 13.5 Å². The van der Waals surface area contributed by atoms with E-state index in [1.165, 1.54) is 6.20 Å². The second kappa shape index (κ2) is 8.50. The van der Waals surface area contributed by atoms with Crippen LogP contribution >= 0.6 is 11.6 Å². The maximum atomic E-state index is 14.5. The van der Waals surface area contributed by atoms with E-state index in [-0.39, 0.29) is 42.8 Å². The van der Waals surface area contributed by atoms with E-state index in [4.69, 9.17) is 11.6 Å². The van der Waals surface area contributed by atoms with Gasteiger partial charge in [0.2, 0.25) is 5.95 Å². The third-order valence-electron chi connectivity index (χ3n) is 4.84. The molecule has 3 heterocycles. The molecule has 0 spiro atoms. The molecule has 0 saturated carbocycles. The van der Waals surface area contributed by atoms with Crippen molar-refractivity contribution in [1.29, 1.82) is 0 Å². The Morgan fingerprint density at radius 1 is 1.27 bits per heavy atom. The van der Waals surface area contributed by atoms with E-state index in [0.29, 0.717) is 12.7 Å². The third kappa shape index (κ3) is 4.59. The van der Waals surface area contributed by atoms with E-state index in [9.17, 15) is 22.0 Å². The van der Waals surface area contributed by atoms with E-state index in [1.54, 1.807) is 6.92 Å². The van der Waals surface area contributed by atoms with Crippen molar-refractivity contribution in [2.24, 2.45) is 0 Å². The van der Waals surface area contributed by atoms with Crippen LogP contribution in [0.1, 0.15) is 31.9 Å². The maximum Gasteiger partial charge on any atom is 0.421 e. The summed E-state index contributed by atoms with van der Waals surface area (Å²) < 4.78 is 69.2. The van der Waals surface area contributed by atoms with Gasteiger partial charge in [0, 0.05) is 32.3 Å². The summed E-state index contributed by atoms with van der Waals surface area (Å²) in [7, 11) is 0. The number of alkyl halides is 5. The molecule has 2 N–H and O–H groups in total. The zero-order valence-corrected chi connectivity index (χ0v) is 17.0. The van der Waals surface area contributed by atoms with Crippen LogP contribution in [0.3, 0.4) is 0 Å². The maximum absolute atomic E-state index is 14.5. The smallest absolute Gasteiger partial charge is 0.370 e. The van der Waals surface area contributed by atoms with Crippen LogP contribution in [0.5, 0.6) is 0 Å². The zero-order chi connectivity index (χ0) is 22.1. The number of piperidine rings is 1. The molecule has 2 aromatic heterocycles. The lowest BCUT2D eigenvalue weighted by molar-refractivity contribution is -0.137. The second-order valence-electron chi connectivity index (χ2n) is 6.82. The number of nitrogens with zero attached hydrogens (tertiary/aromatic N) is 5. The van der Waals surface area contributed by atoms with Crippen LogP contribution in [0, 0.1) is 0 Å². The number of nitrogens with one attached hydrogen (secondary N) is 2. The van der Waals surface area contributed by atoms with Gasteiger partial charge in [-0.25, -0.2) is 18.4 Å². The van der Waals surface area contributed by atoms with Crippen LogP contribution in [0.2, 0.25) is 5.15 Å². The predicted octanol–water partition coefficient (Wildman–Crippen LogP) is 4.42. The fourth-order valence-corrected chi connectivity index (χ4v) is 3.46. The van der Waals surface area contributed by atoms with Crippen LogP contribution in [0.4, 0.5) is 39.4 Å². The third-order valence-corrected chi connectivity index (χ3v) is 5.22. The molecule has 7 nitrogen and oxygen atoms in total. The normalized spacial score (nSPS) is 19.7. The Morgan fingerprint density at radius 3 is 2.63 bits per heavy atom. The average molecular weight is 454 g/mol. The van der Waals surface area contributed by atoms with Gasteiger partial charge in [-0.3, -0.25) is 0 Å². The number of halogens is 6. The van der Waals surface area contributed by atoms with Gasteiger partial charge in [0.15, 0.2) is 5.15 Å². The zero-order valence-electron chi connectivity index (χ0n) is 16.3. The molecule has 1 saturated heterocycles. The molecule has 1 atom stereocenters. The van der Waals surface area contributed by atoms with Gasteiger partial charge in [-0.2, -0.15) is 23.3 Å². The number of rotatable bonds is 6. The van der Waals surface area contributed by atoms with Gasteiger partial charge < -0.3 is 15.5 Å². The van der Waals surface area contributed by atoms with Crippen molar-refractivity contribution >= 4 is 29.1 Å². The number of aromatic nitrogens is 4. The van der Waals surface area contributed by atoms with Crippen molar-refractivity contribution < 1.29 is 22.0 Å². The first-order chi connectivity index (χ1) is 14.1. The predicted molar refractivity (Wildman–Crippen MR) is 102 cm³/mol. The largest absolute Gasteiger partial charge is 0.421 e. The lowest BCUT2D eigenvalue weighted by Crippen LogP contribution is -2.48. The van der Waals surface area contributed by atoms with Gasteiger partial charge in [0.25, 0.3) is 5.92 Å². The van der Waals surface area contributed by atoms with Crippen molar-refractivity contribution in [3.63, 3.8) is 0 Å². The summed E-state index contributed by atoms with van der Waals surface area (Å²) in [6, 6.07) is -1.26. The van der Waals surface area contributed by atoms with Crippen LogP contribution in [-0.2, 0) is 6.18 Å². The lowest BCUT2D eigenvalue weighted by atomic mass is 10.0. The average Bonchev–Trinajstić information content (AvgIpc) is 3.01. The minimum absolute atomic E-state index is 0.0751.